The third kappa shape index (κ3) is 3.25. The molecular weight excluding hydrogens is 380 g/mol. The highest BCUT2D eigenvalue weighted by molar-refractivity contribution is 6.33. The molecule has 0 atom stereocenters. The lowest BCUT2D eigenvalue weighted by atomic mass is 10.1. The van der Waals surface area contributed by atoms with Gasteiger partial charge in [-0.1, -0.05) is 41.0 Å². The average molecular weight is 395 g/mol. The van der Waals surface area contributed by atoms with Crippen molar-refractivity contribution in [2.45, 2.75) is 13.8 Å². The van der Waals surface area contributed by atoms with E-state index in [2.05, 4.69) is 26.0 Å². The number of aryl methyl sites for hydroxylation is 2. The maximum atomic E-state index is 13.0. The molecule has 0 unspecified atom stereocenters. The summed E-state index contributed by atoms with van der Waals surface area (Å²) in [5, 5.41) is 18.6. The van der Waals surface area contributed by atoms with Crippen LogP contribution in [0.25, 0.3) is 16.9 Å². The van der Waals surface area contributed by atoms with Crippen molar-refractivity contribution in [3.8, 4) is 16.9 Å². The first-order valence-corrected chi connectivity index (χ1v) is 8.79. The first kappa shape index (κ1) is 17.9. The molecule has 2 heterocycles. The molecule has 0 bridgehead atoms. The van der Waals surface area contributed by atoms with Crippen LogP contribution in [0.5, 0.6) is 0 Å². The minimum absolute atomic E-state index is 0.331. The van der Waals surface area contributed by atoms with E-state index in [9.17, 15) is 4.79 Å². The average Bonchev–Trinajstić information content (AvgIpc) is 3.33. The molecule has 4 aromatic rings. The van der Waals surface area contributed by atoms with Gasteiger partial charge < -0.3 is 9.84 Å². The van der Waals surface area contributed by atoms with Crippen LogP contribution in [-0.2, 0) is 0 Å². The quantitative estimate of drug-likeness (QED) is 0.564. The van der Waals surface area contributed by atoms with Crippen LogP contribution in [0.4, 0.5) is 5.69 Å². The molecule has 1 amide bonds. The number of nitrogens with one attached hydrogen (secondary N) is 1. The van der Waals surface area contributed by atoms with Crippen molar-refractivity contribution >= 4 is 23.2 Å². The summed E-state index contributed by atoms with van der Waals surface area (Å²) in [5.74, 6) is 0.0559. The number of hydrogen-bond acceptors (Lipinski definition) is 6. The van der Waals surface area contributed by atoms with Crippen LogP contribution in [-0.4, -0.2) is 31.3 Å². The number of tetrazole rings is 1. The number of rotatable bonds is 4. The summed E-state index contributed by atoms with van der Waals surface area (Å²) in [7, 11) is 0. The third-order valence-corrected chi connectivity index (χ3v) is 4.61. The predicted octanol–water partition coefficient (Wildman–Crippen LogP) is 3.84. The molecule has 28 heavy (non-hydrogen) atoms. The van der Waals surface area contributed by atoms with Crippen LogP contribution in [0.3, 0.4) is 0 Å². The number of hydrogen-bond donors (Lipinski definition) is 1. The lowest BCUT2D eigenvalue weighted by Gasteiger charge is -2.10. The lowest BCUT2D eigenvalue weighted by molar-refractivity contribution is 0.102. The Kier molecular flexibility index (Phi) is 4.62. The van der Waals surface area contributed by atoms with Crippen LogP contribution in [0, 0.1) is 13.8 Å². The van der Waals surface area contributed by atoms with Crippen molar-refractivity contribution in [2.75, 3.05) is 5.32 Å². The van der Waals surface area contributed by atoms with Gasteiger partial charge in [-0.3, -0.25) is 4.79 Å². The summed E-state index contributed by atoms with van der Waals surface area (Å²) < 4.78 is 6.80. The molecule has 0 aliphatic carbocycles. The summed E-state index contributed by atoms with van der Waals surface area (Å²) in [6.45, 7) is 3.62. The van der Waals surface area contributed by atoms with Gasteiger partial charge in [0.25, 0.3) is 5.91 Å². The van der Waals surface area contributed by atoms with Crippen molar-refractivity contribution in [1.82, 2.24) is 25.4 Å². The Bertz CT molecular complexity index is 1150. The largest absolute Gasteiger partial charge is 0.360 e. The molecule has 2 aromatic heterocycles. The fourth-order valence-electron chi connectivity index (χ4n) is 2.88. The zero-order valence-corrected chi connectivity index (χ0v) is 15.8. The normalized spacial score (nSPS) is 10.8. The molecule has 140 valence electrons. The summed E-state index contributed by atoms with van der Waals surface area (Å²) in [5.41, 5.74) is 3.67. The molecule has 0 aliphatic heterocycles. The zero-order valence-electron chi connectivity index (χ0n) is 15.0. The van der Waals surface area contributed by atoms with Crippen LogP contribution < -0.4 is 5.32 Å². The second-order valence-electron chi connectivity index (χ2n) is 6.15. The van der Waals surface area contributed by atoms with Crippen molar-refractivity contribution in [3.05, 3.63) is 70.7 Å². The summed E-state index contributed by atoms with van der Waals surface area (Å²) in [4.78, 5) is 13.0. The van der Waals surface area contributed by atoms with Crippen molar-refractivity contribution in [2.24, 2.45) is 0 Å². The van der Waals surface area contributed by atoms with Crippen LogP contribution in [0.15, 0.2) is 53.3 Å². The molecule has 1 N–H and O–H groups in total. The Morgan fingerprint density at radius 3 is 2.75 bits per heavy atom. The minimum atomic E-state index is -0.347. The fraction of sp³-hybridized carbons (Fsp3) is 0.105. The topological polar surface area (TPSA) is 98.7 Å². The second kappa shape index (κ2) is 7.24. The number of amides is 1. The molecule has 4 rings (SSSR count). The van der Waals surface area contributed by atoms with Gasteiger partial charge in [0.05, 0.1) is 10.7 Å². The van der Waals surface area contributed by atoms with E-state index in [-0.39, 0.29) is 5.91 Å². The zero-order chi connectivity index (χ0) is 19.7. The Morgan fingerprint density at radius 1 is 1.18 bits per heavy atom. The molecule has 0 fully saturated rings. The van der Waals surface area contributed by atoms with Gasteiger partial charge in [-0.05, 0) is 48.0 Å². The Balaban J connectivity index is 1.68. The van der Waals surface area contributed by atoms with Gasteiger partial charge in [-0.25, -0.2) is 4.68 Å². The molecule has 0 aliphatic rings. The van der Waals surface area contributed by atoms with E-state index in [1.165, 1.54) is 11.0 Å². The van der Waals surface area contributed by atoms with Crippen molar-refractivity contribution < 1.29 is 9.32 Å². The van der Waals surface area contributed by atoms with Crippen molar-refractivity contribution in [1.29, 1.82) is 0 Å². The van der Waals surface area contributed by atoms with E-state index in [1.54, 1.807) is 31.2 Å². The van der Waals surface area contributed by atoms with Gasteiger partial charge in [-0.2, -0.15) is 0 Å². The molecule has 0 saturated heterocycles. The van der Waals surface area contributed by atoms with Gasteiger partial charge >= 0.3 is 0 Å². The van der Waals surface area contributed by atoms with E-state index in [0.717, 1.165) is 11.3 Å². The second-order valence-corrected chi connectivity index (χ2v) is 6.56. The van der Waals surface area contributed by atoms with Crippen LogP contribution in [0.2, 0.25) is 5.02 Å². The lowest BCUT2D eigenvalue weighted by Crippen LogP contribution is -2.14. The standard InChI is InChI=1S/C19H15ClN6O2/c1-11-7-8-13(9-16(11)26-10-21-24-25-26)22-19(27)17-12(2)28-23-18(17)14-5-3-4-6-15(14)20/h3-10H,1-2H3,(H,22,27). The number of carbonyl (C=O) groups is 1. The molecule has 0 radical (unpaired) electrons. The molecule has 0 saturated carbocycles. The smallest absolute Gasteiger partial charge is 0.261 e. The summed E-state index contributed by atoms with van der Waals surface area (Å²) in [6.07, 6.45) is 1.49. The van der Waals surface area contributed by atoms with Gasteiger partial charge in [0.15, 0.2) is 0 Å². The van der Waals surface area contributed by atoms with Gasteiger partial charge in [-0.15, -0.1) is 5.10 Å². The highest BCUT2D eigenvalue weighted by Crippen LogP contribution is 2.31. The summed E-state index contributed by atoms with van der Waals surface area (Å²) >= 11 is 6.27. The van der Waals surface area contributed by atoms with Crippen LogP contribution in [0.1, 0.15) is 21.7 Å². The third-order valence-electron chi connectivity index (χ3n) is 4.28. The molecule has 9 heteroatoms. The van der Waals surface area contributed by atoms with E-state index in [1.807, 2.05) is 25.1 Å². The van der Waals surface area contributed by atoms with E-state index < -0.39 is 0 Å². The minimum Gasteiger partial charge on any atom is -0.360 e. The Hall–Kier alpha value is -3.52. The first-order chi connectivity index (χ1) is 13.5. The molecule has 8 nitrogen and oxygen atoms in total. The molecular formula is C19H15ClN6O2. The number of carbonyl (C=O) groups excluding carboxylic acids is 1. The SMILES string of the molecule is Cc1ccc(NC(=O)c2c(-c3ccccc3Cl)noc2C)cc1-n1cnnn1. The van der Waals surface area contributed by atoms with E-state index in [0.29, 0.717) is 33.3 Å². The van der Waals surface area contributed by atoms with Gasteiger partial charge in [0.1, 0.15) is 23.3 Å². The van der Waals surface area contributed by atoms with E-state index >= 15 is 0 Å². The molecule has 0 spiro atoms. The highest BCUT2D eigenvalue weighted by Gasteiger charge is 2.23. The highest BCUT2D eigenvalue weighted by atomic mass is 35.5. The van der Waals surface area contributed by atoms with Gasteiger partial charge in [0.2, 0.25) is 0 Å². The maximum Gasteiger partial charge on any atom is 0.261 e. The summed E-state index contributed by atoms with van der Waals surface area (Å²) in [6, 6.07) is 12.6. The van der Waals surface area contributed by atoms with Crippen LogP contribution >= 0.6 is 11.6 Å². The Morgan fingerprint density at radius 2 is 2.00 bits per heavy atom. The first-order valence-electron chi connectivity index (χ1n) is 8.41. The van der Waals surface area contributed by atoms with Gasteiger partial charge in [0, 0.05) is 11.3 Å². The number of aromatic nitrogens is 5. The number of benzene rings is 2. The van der Waals surface area contributed by atoms with E-state index in [4.69, 9.17) is 16.1 Å². The maximum absolute atomic E-state index is 13.0. The number of anilines is 1. The van der Waals surface area contributed by atoms with Crippen molar-refractivity contribution in [3.63, 3.8) is 0 Å². The predicted molar refractivity (Wildman–Crippen MR) is 104 cm³/mol. The molecule has 2 aromatic carbocycles. The Labute approximate surface area is 165 Å². The number of halogens is 1. The number of nitrogens with zero attached hydrogens (tertiary/aromatic N) is 5. The fourth-order valence-corrected chi connectivity index (χ4v) is 3.10. The monoisotopic (exact) mass is 394 g/mol.